The van der Waals surface area contributed by atoms with Crippen LogP contribution < -0.4 is 0 Å². The Hall–Kier alpha value is -1.29. The van der Waals surface area contributed by atoms with Gasteiger partial charge in [0.1, 0.15) is 6.10 Å². The molecule has 2 unspecified atom stereocenters. The molecule has 0 aliphatic carbocycles. The molecule has 0 saturated carbocycles. The van der Waals surface area contributed by atoms with Crippen LogP contribution in [0.1, 0.15) is 168 Å². The molecule has 4 heteroatoms. The van der Waals surface area contributed by atoms with Gasteiger partial charge in [0, 0.05) is 0 Å². The molecule has 0 fully saturated rings. The standard InChI is InChI=1S/C36H69NO3/c1-5-6-7-8-9-10-11-12-13-14-15-16-20-23-26-31-35(40-36(38)39)32-27-24-21-18-17-19-22-25-29-34(2)30-28-33-37(3)4/h9-10,12-13,34-35H,5-8,11,14-33H2,1-4H3,(H,38,39)/b10-9-,13-12-. The second-order valence-corrected chi connectivity index (χ2v) is 12.5. The van der Waals surface area contributed by atoms with Crippen molar-refractivity contribution in [1.29, 1.82) is 0 Å². The Morgan fingerprint density at radius 2 is 1.10 bits per heavy atom. The summed E-state index contributed by atoms with van der Waals surface area (Å²) in [5.74, 6) is 0.866. The van der Waals surface area contributed by atoms with E-state index in [4.69, 9.17) is 9.84 Å². The van der Waals surface area contributed by atoms with Gasteiger partial charge in [0.25, 0.3) is 0 Å². The van der Waals surface area contributed by atoms with E-state index in [0.717, 1.165) is 38.0 Å². The molecule has 0 saturated heterocycles. The third-order valence-corrected chi connectivity index (χ3v) is 8.02. The number of hydrogen-bond donors (Lipinski definition) is 1. The average molecular weight is 564 g/mol. The zero-order valence-electron chi connectivity index (χ0n) is 27.4. The smallest absolute Gasteiger partial charge is 0.450 e. The molecule has 2 atom stereocenters. The fraction of sp³-hybridized carbons (Fsp3) is 0.861. The molecule has 1 N–H and O–H groups in total. The van der Waals surface area contributed by atoms with Crippen molar-refractivity contribution in [2.24, 2.45) is 5.92 Å². The van der Waals surface area contributed by atoms with Crippen LogP contribution in [0.3, 0.4) is 0 Å². The lowest BCUT2D eigenvalue weighted by molar-refractivity contribution is 0.0422. The molecule has 0 rings (SSSR count). The van der Waals surface area contributed by atoms with E-state index in [1.165, 1.54) is 129 Å². The summed E-state index contributed by atoms with van der Waals surface area (Å²) in [4.78, 5) is 13.4. The van der Waals surface area contributed by atoms with E-state index in [1.54, 1.807) is 0 Å². The maximum absolute atomic E-state index is 11.1. The van der Waals surface area contributed by atoms with Gasteiger partial charge in [-0.25, -0.2) is 4.79 Å². The predicted molar refractivity (Wildman–Crippen MR) is 175 cm³/mol. The van der Waals surface area contributed by atoms with Crippen LogP contribution >= 0.6 is 0 Å². The Bertz CT molecular complexity index is 587. The van der Waals surface area contributed by atoms with Crippen molar-refractivity contribution < 1.29 is 14.6 Å². The third kappa shape index (κ3) is 31.2. The lowest BCUT2D eigenvalue weighted by Gasteiger charge is -2.16. The summed E-state index contributed by atoms with van der Waals surface area (Å²) in [6.07, 6.45) is 37.6. The zero-order chi connectivity index (χ0) is 29.5. The number of allylic oxidation sites excluding steroid dienone is 4. The van der Waals surface area contributed by atoms with E-state index in [9.17, 15) is 4.79 Å². The van der Waals surface area contributed by atoms with Crippen molar-refractivity contribution in [3.05, 3.63) is 24.3 Å². The van der Waals surface area contributed by atoms with Crippen molar-refractivity contribution in [2.75, 3.05) is 20.6 Å². The van der Waals surface area contributed by atoms with Crippen LogP contribution in [0.15, 0.2) is 24.3 Å². The first-order valence-corrected chi connectivity index (χ1v) is 17.3. The highest BCUT2D eigenvalue weighted by Gasteiger charge is 2.13. The highest BCUT2D eigenvalue weighted by molar-refractivity contribution is 5.57. The predicted octanol–water partition coefficient (Wildman–Crippen LogP) is 11.7. The van der Waals surface area contributed by atoms with E-state index in [2.05, 4.69) is 57.1 Å². The van der Waals surface area contributed by atoms with Crippen LogP contribution in [-0.4, -0.2) is 42.9 Å². The Labute approximate surface area is 250 Å². The van der Waals surface area contributed by atoms with Crippen molar-refractivity contribution in [3.63, 3.8) is 0 Å². The molecule has 236 valence electrons. The van der Waals surface area contributed by atoms with Crippen LogP contribution in [0.25, 0.3) is 0 Å². The third-order valence-electron chi connectivity index (χ3n) is 8.02. The normalized spacial score (nSPS) is 13.5. The van der Waals surface area contributed by atoms with Crippen LogP contribution in [-0.2, 0) is 4.74 Å². The zero-order valence-corrected chi connectivity index (χ0v) is 27.4. The van der Waals surface area contributed by atoms with Gasteiger partial charge in [-0.05, 0) is 97.2 Å². The quantitative estimate of drug-likeness (QED) is 0.0536. The molecule has 0 bridgehead atoms. The largest absolute Gasteiger partial charge is 0.506 e. The molecule has 0 aromatic heterocycles. The molecule has 0 spiro atoms. The summed E-state index contributed by atoms with van der Waals surface area (Å²) in [5.41, 5.74) is 0. The molecule has 0 amide bonds. The van der Waals surface area contributed by atoms with Crippen molar-refractivity contribution in [2.45, 2.75) is 174 Å². The summed E-state index contributed by atoms with van der Waals surface area (Å²) in [6.45, 7) is 5.87. The maximum atomic E-state index is 11.1. The van der Waals surface area contributed by atoms with Crippen molar-refractivity contribution >= 4 is 6.16 Å². The van der Waals surface area contributed by atoms with Gasteiger partial charge in [-0.2, -0.15) is 0 Å². The molecule has 4 nitrogen and oxygen atoms in total. The van der Waals surface area contributed by atoms with Gasteiger partial charge in [0.05, 0.1) is 0 Å². The molecular formula is C36H69NO3. The number of rotatable bonds is 30. The first kappa shape index (κ1) is 38.7. The van der Waals surface area contributed by atoms with Gasteiger partial charge in [-0.1, -0.05) is 122 Å². The molecule has 0 aromatic rings. The monoisotopic (exact) mass is 564 g/mol. The lowest BCUT2D eigenvalue weighted by Crippen LogP contribution is -2.16. The molecule has 0 heterocycles. The summed E-state index contributed by atoms with van der Waals surface area (Å²) in [6, 6.07) is 0. The van der Waals surface area contributed by atoms with Crippen LogP contribution in [0.2, 0.25) is 0 Å². The van der Waals surface area contributed by atoms with Crippen molar-refractivity contribution in [1.82, 2.24) is 4.90 Å². The summed E-state index contributed by atoms with van der Waals surface area (Å²) in [7, 11) is 4.32. The van der Waals surface area contributed by atoms with Gasteiger partial charge in [-0.3, -0.25) is 0 Å². The maximum Gasteiger partial charge on any atom is 0.506 e. The van der Waals surface area contributed by atoms with E-state index < -0.39 is 6.16 Å². The van der Waals surface area contributed by atoms with Gasteiger partial charge < -0.3 is 14.7 Å². The molecule has 0 radical (unpaired) electrons. The number of nitrogens with zero attached hydrogens (tertiary/aromatic N) is 1. The topological polar surface area (TPSA) is 49.8 Å². The van der Waals surface area contributed by atoms with E-state index in [1.807, 2.05) is 0 Å². The minimum absolute atomic E-state index is 0.116. The highest BCUT2D eigenvalue weighted by Crippen LogP contribution is 2.19. The number of ether oxygens (including phenoxy) is 1. The summed E-state index contributed by atoms with van der Waals surface area (Å²) in [5, 5.41) is 9.12. The molecular weight excluding hydrogens is 494 g/mol. The second-order valence-electron chi connectivity index (χ2n) is 12.5. The molecule has 40 heavy (non-hydrogen) atoms. The molecule has 0 aliphatic rings. The average Bonchev–Trinajstić information content (AvgIpc) is 2.91. The van der Waals surface area contributed by atoms with E-state index >= 15 is 0 Å². The number of carboxylic acid groups (broad SMARTS) is 1. The molecule has 0 aromatic carbocycles. The number of unbranched alkanes of at least 4 members (excludes halogenated alkanes) is 15. The fourth-order valence-electron chi connectivity index (χ4n) is 5.41. The van der Waals surface area contributed by atoms with E-state index in [0.29, 0.717) is 0 Å². The Kier molecular flexibility index (Phi) is 29.7. The minimum atomic E-state index is -1.11. The van der Waals surface area contributed by atoms with Gasteiger partial charge in [0.2, 0.25) is 0 Å². The summed E-state index contributed by atoms with van der Waals surface area (Å²) >= 11 is 0. The van der Waals surface area contributed by atoms with Gasteiger partial charge in [0.15, 0.2) is 0 Å². The number of carbonyl (C=O) groups is 1. The number of hydrogen-bond acceptors (Lipinski definition) is 3. The molecule has 0 aliphatic heterocycles. The second kappa shape index (κ2) is 30.7. The van der Waals surface area contributed by atoms with Crippen LogP contribution in [0.5, 0.6) is 0 Å². The first-order chi connectivity index (χ1) is 19.5. The highest BCUT2D eigenvalue weighted by atomic mass is 16.7. The van der Waals surface area contributed by atoms with Crippen LogP contribution in [0.4, 0.5) is 4.79 Å². The summed E-state index contributed by atoms with van der Waals surface area (Å²) < 4.78 is 5.20. The minimum Gasteiger partial charge on any atom is -0.450 e. The van der Waals surface area contributed by atoms with Gasteiger partial charge >= 0.3 is 6.16 Å². The van der Waals surface area contributed by atoms with Gasteiger partial charge in [-0.15, -0.1) is 0 Å². The SMILES string of the molecule is CCCCC/C=C\C/C=C\CCCCCCCC(CCCCCCCCCCC(C)CCCN(C)C)OC(=O)O. The van der Waals surface area contributed by atoms with E-state index in [-0.39, 0.29) is 6.10 Å². The Balaban J connectivity index is 3.64. The Morgan fingerprint density at radius 3 is 1.60 bits per heavy atom. The Morgan fingerprint density at radius 1 is 0.650 bits per heavy atom. The fourth-order valence-corrected chi connectivity index (χ4v) is 5.41. The van der Waals surface area contributed by atoms with Crippen molar-refractivity contribution in [3.8, 4) is 0 Å². The van der Waals surface area contributed by atoms with Crippen LogP contribution in [0, 0.1) is 5.92 Å². The first-order valence-electron chi connectivity index (χ1n) is 17.3. The lowest BCUT2D eigenvalue weighted by atomic mass is 9.97.